The quantitative estimate of drug-likeness (QED) is 0.470. The molecule has 0 radical (unpaired) electrons. The van der Waals surface area contributed by atoms with Gasteiger partial charge >= 0.3 is 5.82 Å². The number of aromatic nitrogens is 4. The molecule has 0 saturated heterocycles. The van der Waals surface area contributed by atoms with Gasteiger partial charge in [-0.2, -0.15) is 9.78 Å². The van der Waals surface area contributed by atoms with E-state index in [0.29, 0.717) is 30.0 Å². The Morgan fingerprint density at radius 1 is 1.17 bits per heavy atom. The molecule has 0 bridgehead atoms. The molecule has 0 aliphatic rings. The highest BCUT2D eigenvalue weighted by Gasteiger charge is 2.28. The van der Waals surface area contributed by atoms with Gasteiger partial charge < -0.3 is 15.4 Å². The highest BCUT2D eigenvalue weighted by Crippen LogP contribution is 2.24. The van der Waals surface area contributed by atoms with Gasteiger partial charge in [0.1, 0.15) is 0 Å². The first kappa shape index (κ1) is 21.2. The number of carbonyl (C=O) groups excluding carboxylic acids is 1. The molecule has 0 fully saturated rings. The highest BCUT2D eigenvalue weighted by molar-refractivity contribution is 5.94. The van der Waals surface area contributed by atoms with E-state index in [1.54, 1.807) is 6.92 Å². The van der Waals surface area contributed by atoms with Crippen LogP contribution in [0.15, 0.2) is 30.3 Å². The van der Waals surface area contributed by atoms with Crippen LogP contribution in [0.3, 0.4) is 0 Å². The van der Waals surface area contributed by atoms with Crippen molar-refractivity contribution in [1.29, 1.82) is 0 Å². The Morgan fingerprint density at radius 3 is 2.40 bits per heavy atom. The number of carbonyl (C=O) groups is 1. The number of nitrogens with one attached hydrogen (secondary N) is 1. The summed E-state index contributed by atoms with van der Waals surface area (Å²) in [6.45, 7) is 9.95. The Kier molecular flexibility index (Phi) is 6.00. The molecule has 1 unspecified atom stereocenters. The number of nitrogens with zero attached hydrogens (tertiary/aromatic N) is 5. The second-order valence-electron chi connectivity index (χ2n) is 7.45. The van der Waals surface area contributed by atoms with Gasteiger partial charge in [-0.25, -0.2) is 0 Å². The van der Waals surface area contributed by atoms with E-state index in [-0.39, 0.29) is 11.7 Å². The molecule has 1 aromatic carbocycles. The van der Waals surface area contributed by atoms with Crippen LogP contribution in [0.4, 0.5) is 11.5 Å². The van der Waals surface area contributed by atoms with Crippen molar-refractivity contribution < 1.29 is 9.72 Å². The SMILES string of the molecule is CCC(C(=O)Nc1c(C)nn(Cc2ccc(C)cc2)c1C)n1nc([N+](=O)[O-])cc1C. The largest absolute Gasteiger partial charge is 0.390 e. The first-order valence-electron chi connectivity index (χ1n) is 9.82. The van der Waals surface area contributed by atoms with Crippen molar-refractivity contribution in [2.24, 2.45) is 0 Å². The minimum Gasteiger partial charge on any atom is -0.358 e. The summed E-state index contributed by atoms with van der Waals surface area (Å²) < 4.78 is 3.27. The summed E-state index contributed by atoms with van der Waals surface area (Å²) in [4.78, 5) is 23.5. The normalized spacial score (nSPS) is 12.0. The maximum absolute atomic E-state index is 13.0. The fourth-order valence-electron chi connectivity index (χ4n) is 3.45. The Bertz CT molecular complexity index is 1080. The van der Waals surface area contributed by atoms with Crippen molar-refractivity contribution in [3.05, 3.63) is 68.7 Å². The molecule has 9 heteroatoms. The van der Waals surface area contributed by atoms with Gasteiger partial charge in [0.2, 0.25) is 0 Å². The fourth-order valence-corrected chi connectivity index (χ4v) is 3.45. The van der Waals surface area contributed by atoms with Crippen molar-refractivity contribution in [3.63, 3.8) is 0 Å². The van der Waals surface area contributed by atoms with Gasteiger partial charge in [0, 0.05) is 0 Å². The maximum Gasteiger partial charge on any atom is 0.390 e. The number of nitro groups is 1. The second-order valence-corrected chi connectivity index (χ2v) is 7.45. The van der Waals surface area contributed by atoms with Gasteiger partial charge in [-0.3, -0.25) is 9.48 Å². The predicted molar refractivity (Wildman–Crippen MR) is 114 cm³/mol. The summed E-state index contributed by atoms with van der Waals surface area (Å²) >= 11 is 0. The second kappa shape index (κ2) is 8.48. The van der Waals surface area contributed by atoms with E-state index in [1.165, 1.54) is 16.3 Å². The summed E-state index contributed by atoms with van der Waals surface area (Å²) in [6, 6.07) is 8.95. The minimum atomic E-state index is -0.655. The van der Waals surface area contributed by atoms with Gasteiger partial charge in [-0.15, -0.1) is 0 Å². The molecule has 1 amide bonds. The third-order valence-corrected chi connectivity index (χ3v) is 5.16. The smallest absolute Gasteiger partial charge is 0.358 e. The summed E-state index contributed by atoms with van der Waals surface area (Å²) in [5, 5.41) is 22.5. The summed E-state index contributed by atoms with van der Waals surface area (Å²) in [6.07, 6.45) is 0.446. The minimum absolute atomic E-state index is 0.267. The molecule has 1 N–H and O–H groups in total. The Labute approximate surface area is 174 Å². The highest BCUT2D eigenvalue weighted by atomic mass is 16.6. The van der Waals surface area contributed by atoms with Gasteiger partial charge in [0.15, 0.2) is 6.04 Å². The van der Waals surface area contributed by atoms with Gasteiger partial charge in [-0.05, 0) is 44.6 Å². The molecule has 0 spiro atoms. The van der Waals surface area contributed by atoms with Gasteiger partial charge in [-0.1, -0.05) is 36.8 Å². The standard InChI is InChI=1S/C21H26N6O3/c1-6-18(26-14(3)11-19(24-26)27(29)30)21(28)22-20-15(4)23-25(16(20)5)12-17-9-7-13(2)8-10-17/h7-11,18H,6,12H2,1-5H3,(H,22,28). The van der Waals surface area contributed by atoms with Crippen molar-refractivity contribution >= 4 is 17.4 Å². The van der Waals surface area contributed by atoms with Crippen molar-refractivity contribution in [3.8, 4) is 0 Å². The molecule has 1 atom stereocenters. The van der Waals surface area contributed by atoms with E-state index in [0.717, 1.165) is 11.3 Å². The number of hydrogen-bond donors (Lipinski definition) is 1. The van der Waals surface area contributed by atoms with Crippen molar-refractivity contribution in [2.75, 3.05) is 5.32 Å². The lowest BCUT2D eigenvalue weighted by atomic mass is 10.1. The third kappa shape index (κ3) is 4.24. The lowest BCUT2D eigenvalue weighted by Gasteiger charge is -2.14. The number of amides is 1. The molecule has 2 heterocycles. The van der Waals surface area contributed by atoms with Gasteiger partial charge in [0.05, 0.1) is 40.5 Å². The average Bonchev–Trinajstić information content (AvgIpc) is 3.20. The first-order valence-corrected chi connectivity index (χ1v) is 9.82. The monoisotopic (exact) mass is 410 g/mol. The Balaban J connectivity index is 1.82. The zero-order valence-corrected chi connectivity index (χ0v) is 17.8. The van der Waals surface area contributed by atoms with Crippen LogP contribution in [0.2, 0.25) is 0 Å². The van der Waals surface area contributed by atoms with Crippen LogP contribution in [-0.2, 0) is 11.3 Å². The molecule has 3 aromatic rings. The third-order valence-electron chi connectivity index (χ3n) is 5.16. The number of hydrogen-bond acceptors (Lipinski definition) is 5. The summed E-state index contributed by atoms with van der Waals surface area (Å²) in [7, 11) is 0. The average molecular weight is 410 g/mol. The number of aryl methyl sites for hydroxylation is 3. The zero-order valence-electron chi connectivity index (χ0n) is 17.8. The van der Waals surface area contributed by atoms with Crippen LogP contribution >= 0.6 is 0 Å². The molecule has 3 rings (SSSR count). The number of benzene rings is 1. The molecule has 9 nitrogen and oxygen atoms in total. The lowest BCUT2D eigenvalue weighted by molar-refractivity contribution is -0.389. The van der Waals surface area contributed by atoms with E-state index in [4.69, 9.17) is 0 Å². The maximum atomic E-state index is 13.0. The van der Waals surface area contributed by atoms with E-state index in [1.807, 2.05) is 32.4 Å². The van der Waals surface area contributed by atoms with Crippen LogP contribution < -0.4 is 5.32 Å². The van der Waals surface area contributed by atoms with Crippen LogP contribution in [0, 0.1) is 37.8 Å². The lowest BCUT2D eigenvalue weighted by Crippen LogP contribution is -2.27. The zero-order chi connectivity index (χ0) is 22.0. The molecule has 30 heavy (non-hydrogen) atoms. The summed E-state index contributed by atoms with van der Waals surface area (Å²) in [5.41, 5.74) is 5.09. The molecule has 2 aromatic heterocycles. The number of anilines is 1. The van der Waals surface area contributed by atoms with Crippen LogP contribution in [0.25, 0.3) is 0 Å². The van der Waals surface area contributed by atoms with Crippen LogP contribution in [-0.4, -0.2) is 30.4 Å². The molecule has 158 valence electrons. The topological polar surface area (TPSA) is 108 Å². The van der Waals surface area contributed by atoms with E-state index < -0.39 is 11.0 Å². The molecular formula is C21H26N6O3. The molecule has 0 aliphatic carbocycles. The van der Waals surface area contributed by atoms with Crippen molar-refractivity contribution in [2.45, 2.75) is 53.6 Å². The Hall–Kier alpha value is -3.49. The predicted octanol–water partition coefficient (Wildman–Crippen LogP) is 3.86. The number of rotatable bonds is 7. The van der Waals surface area contributed by atoms with Gasteiger partial charge in [0.25, 0.3) is 5.91 Å². The fraction of sp³-hybridized carbons (Fsp3) is 0.381. The first-order chi connectivity index (χ1) is 14.2. The molecule has 0 saturated carbocycles. The van der Waals surface area contributed by atoms with Crippen LogP contribution in [0.1, 0.15) is 47.6 Å². The van der Waals surface area contributed by atoms with E-state index in [9.17, 15) is 14.9 Å². The van der Waals surface area contributed by atoms with Crippen molar-refractivity contribution in [1.82, 2.24) is 19.6 Å². The van der Waals surface area contributed by atoms with E-state index >= 15 is 0 Å². The van der Waals surface area contributed by atoms with E-state index in [2.05, 4.69) is 39.8 Å². The molecular weight excluding hydrogens is 384 g/mol. The van der Waals surface area contributed by atoms with Crippen LogP contribution in [0.5, 0.6) is 0 Å². The Morgan fingerprint density at radius 2 is 1.83 bits per heavy atom. The summed E-state index contributed by atoms with van der Waals surface area (Å²) in [5.74, 6) is -0.545. The molecule has 0 aliphatic heterocycles.